The third-order valence-electron chi connectivity index (χ3n) is 4.78. The summed E-state index contributed by atoms with van der Waals surface area (Å²) in [5.41, 5.74) is -1.38. The Morgan fingerprint density at radius 1 is 1.19 bits per heavy atom. The van der Waals surface area contributed by atoms with E-state index < -0.39 is 36.1 Å². The lowest BCUT2D eigenvalue weighted by Gasteiger charge is -2.32. The van der Waals surface area contributed by atoms with E-state index in [-0.39, 0.29) is 5.69 Å². The van der Waals surface area contributed by atoms with Gasteiger partial charge >= 0.3 is 19.3 Å². The minimum Gasteiger partial charge on any atom is -0.399 e. The molecule has 10 heteroatoms. The van der Waals surface area contributed by atoms with Gasteiger partial charge in [-0.15, -0.1) is 0 Å². The molecule has 0 unspecified atom stereocenters. The Labute approximate surface area is 154 Å². The van der Waals surface area contributed by atoms with Crippen molar-refractivity contribution in [3.8, 4) is 0 Å². The normalized spacial score (nSPS) is 18.6. The van der Waals surface area contributed by atoms with Gasteiger partial charge in [-0.05, 0) is 45.9 Å². The Bertz CT molecular complexity index is 848. The van der Waals surface area contributed by atoms with Crippen LogP contribution in [0.15, 0.2) is 36.7 Å². The molecule has 6 nitrogen and oxygen atoms in total. The maximum Gasteiger partial charge on any atom is 0.498 e. The zero-order valence-electron chi connectivity index (χ0n) is 15.3. The minimum absolute atomic E-state index is 0.0162. The fourth-order valence-corrected chi connectivity index (χ4v) is 2.50. The van der Waals surface area contributed by atoms with E-state index >= 15 is 0 Å². The Kier molecular flexibility index (Phi) is 4.59. The monoisotopic (exact) mass is 381 g/mol. The molecule has 144 valence electrons. The minimum atomic E-state index is -4.49. The maximum absolute atomic E-state index is 12.8. The average molecular weight is 381 g/mol. The molecule has 2 aromatic rings. The van der Waals surface area contributed by atoms with Crippen LogP contribution in [0, 0.1) is 0 Å². The molecule has 1 fully saturated rings. The molecule has 27 heavy (non-hydrogen) atoms. The van der Waals surface area contributed by atoms with Crippen molar-refractivity contribution >= 4 is 24.3 Å². The fraction of sp³-hybridized carbons (Fsp3) is 0.412. The first kappa shape index (κ1) is 19.4. The number of nitrogens with zero attached hydrogens (tertiary/aromatic N) is 2. The number of alkyl halides is 3. The van der Waals surface area contributed by atoms with E-state index in [0.29, 0.717) is 5.46 Å². The number of amides is 1. The van der Waals surface area contributed by atoms with Gasteiger partial charge in [-0.1, -0.05) is 6.07 Å². The summed E-state index contributed by atoms with van der Waals surface area (Å²) >= 11 is 0. The van der Waals surface area contributed by atoms with Gasteiger partial charge in [0, 0.05) is 23.5 Å². The van der Waals surface area contributed by atoms with Crippen LogP contribution in [0.1, 0.15) is 33.3 Å². The van der Waals surface area contributed by atoms with Crippen molar-refractivity contribution in [1.29, 1.82) is 0 Å². The summed E-state index contributed by atoms with van der Waals surface area (Å²) in [5, 5.41) is 6.33. The number of halogens is 3. The van der Waals surface area contributed by atoms with E-state index in [0.717, 1.165) is 16.8 Å². The van der Waals surface area contributed by atoms with Crippen LogP contribution in [0.2, 0.25) is 0 Å². The molecule has 0 bridgehead atoms. The highest BCUT2D eigenvalue weighted by Crippen LogP contribution is 2.36. The second-order valence-corrected chi connectivity index (χ2v) is 7.32. The van der Waals surface area contributed by atoms with Crippen molar-refractivity contribution in [2.75, 3.05) is 5.32 Å². The van der Waals surface area contributed by atoms with Gasteiger partial charge in [0.15, 0.2) is 0 Å². The summed E-state index contributed by atoms with van der Waals surface area (Å²) in [6.07, 6.45) is -1.64. The van der Waals surface area contributed by atoms with Gasteiger partial charge in [-0.2, -0.15) is 23.0 Å². The first-order valence-corrected chi connectivity index (χ1v) is 8.28. The number of hydrogen-bond acceptors (Lipinski definition) is 4. The highest BCUT2D eigenvalue weighted by Gasteiger charge is 2.52. The quantitative estimate of drug-likeness (QED) is 0.811. The topological polar surface area (TPSA) is 65.4 Å². The lowest BCUT2D eigenvalue weighted by Crippen LogP contribution is -2.41. The molecule has 0 radical (unpaired) electrons. The number of carbonyl (C=O) groups excluding carboxylic acids is 1. The second kappa shape index (κ2) is 6.38. The first-order chi connectivity index (χ1) is 12.4. The molecule has 0 saturated carbocycles. The molecular formula is C17H19BF3N3O3. The highest BCUT2D eigenvalue weighted by atomic mass is 19.4. The van der Waals surface area contributed by atoms with Crippen LogP contribution in [-0.4, -0.2) is 34.1 Å². The Morgan fingerprint density at radius 2 is 1.81 bits per heavy atom. The second-order valence-electron chi connectivity index (χ2n) is 7.32. The van der Waals surface area contributed by atoms with Gasteiger partial charge < -0.3 is 14.6 Å². The number of anilines is 1. The van der Waals surface area contributed by atoms with Gasteiger partial charge in [-0.3, -0.25) is 0 Å². The van der Waals surface area contributed by atoms with E-state index in [1.807, 2.05) is 27.7 Å². The van der Waals surface area contributed by atoms with Crippen molar-refractivity contribution in [1.82, 2.24) is 9.78 Å². The lowest BCUT2D eigenvalue weighted by molar-refractivity contribution is -0.137. The number of benzene rings is 1. The van der Waals surface area contributed by atoms with E-state index in [1.165, 1.54) is 24.5 Å². The molecule has 3 rings (SSSR count). The van der Waals surface area contributed by atoms with E-state index in [4.69, 9.17) is 9.31 Å². The van der Waals surface area contributed by atoms with Crippen LogP contribution in [0.25, 0.3) is 0 Å². The third-order valence-corrected chi connectivity index (χ3v) is 4.78. The standard InChI is InChI=1S/C17H19BF3N3O3/c1-15(2)16(3,4)27-18(26-15)12-9-22-24(10-12)14(25)23-13-7-5-6-11(8-13)17(19,20)21/h5-10H,1-4H3,(H,23,25). The van der Waals surface area contributed by atoms with Gasteiger partial charge in [-0.25, -0.2) is 4.79 Å². The molecular weight excluding hydrogens is 362 g/mol. The molecule has 0 spiro atoms. The SMILES string of the molecule is CC1(C)OB(c2cnn(C(=O)Nc3cccc(C(F)(F)F)c3)c2)OC1(C)C. The Balaban J connectivity index is 1.73. The number of hydrogen-bond donors (Lipinski definition) is 1. The van der Waals surface area contributed by atoms with Crippen molar-refractivity contribution in [2.24, 2.45) is 0 Å². The van der Waals surface area contributed by atoms with Crippen LogP contribution in [-0.2, 0) is 15.5 Å². The van der Waals surface area contributed by atoms with Crippen LogP contribution in [0.3, 0.4) is 0 Å². The van der Waals surface area contributed by atoms with Crippen LogP contribution in [0.5, 0.6) is 0 Å². The van der Waals surface area contributed by atoms with E-state index in [1.54, 1.807) is 0 Å². The summed E-state index contributed by atoms with van der Waals surface area (Å²) < 4.78 is 51.1. The van der Waals surface area contributed by atoms with Gasteiger partial charge in [0.25, 0.3) is 0 Å². The molecule has 1 aromatic heterocycles. The predicted octanol–water partition coefficient (Wildman–Crippen LogP) is 3.28. The van der Waals surface area contributed by atoms with Crippen LogP contribution >= 0.6 is 0 Å². The van der Waals surface area contributed by atoms with E-state index in [2.05, 4.69) is 10.4 Å². The number of nitrogens with one attached hydrogen (secondary N) is 1. The predicted molar refractivity (Wildman–Crippen MR) is 93.8 cm³/mol. The Morgan fingerprint density at radius 3 is 2.41 bits per heavy atom. The maximum atomic E-state index is 12.8. The van der Waals surface area contributed by atoms with Crippen molar-refractivity contribution in [3.63, 3.8) is 0 Å². The summed E-state index contributed by atoms with van der Waals surface area (Å²) in [5.74, 6) is 0. The summed E-state index contributed by atoms with van der Waals surface area (Å²) in [4.78, 5) is 12.3. The Hall–Kier alpha value is -2.33. The smallest absolute Gasteiger partial charge is 0.399 e. The highest BCUT2D eigenvalue weighted by molar-refractivity contribution is 6.62. The van der Waals surface area contributed by atoms with Crippen LogP contribution < -0.4 is 10.8 Å². The van der Waals surface area contributed by atoms with Gasteiger partial charge in [0.05, 0.1) is 16.8 Å². The third kappa shape index (κ3) is 3.86. The summed E-state index contributed by atoms with van der Waals surface area (Å²) in [6.45, 7) is 7.60. The average Bonchev–Trinajstić information content (AvgIpc) is 3.10. The summed E-state index contributed by atoms with van der Waals surface area (Å²) in [7, 11) is -0.690. The molecule has 1 N–H and O–H groups in total. The van der Waals surface area contributed by atoms with Gasteiger partial charge in [0.1, 0.15) is 0 Å². The largest absolute Gasteiger partial charge is 0.498 e. The fourth-order valence-electron chi connectivity index (χ4n) is 2.50. The van der Waals surface area contributed by atoms with Crippen molar-refractivity contribution in [3.05, 3.63) is 42.2 Å². The molecule has 0 aliphatic carbocycles. The number of rotatable bonds is 2. The molecule has 1 aromatic carbocycles. The zero-order valence-corrected chi connectivity index (χ0v) is 15.3. The summed E-state index contributed by atoms with van der Waals surface area (Å²) in [6, 6.07) is 3.68. The number of carbonyl (C=O) groups is 1. The van der Waals surface area contributed by atoms with Crippen molar-refractivity contribution < 1.29 is 27.3 Å². The molecule has 2 heterocycles. The molecule has 1 aliphatic heterocycles. The molecule has 1 saturated heterocycles. The van der Waals surface area contributed by atoms with E-state index in [9.17, 15) is 18.0 Å². The molecule has 1 aliphatic rings. The molecule has 0 atom stereocenters. The first-order valence-electron chi connectivity index (χ1n) is 8.28. The number of aromatic nitrogens is 2. The molecule has 1 amide bonds. The van der Waals surface area contributed by atoms with Crippen LogP contribution in [0.4, 0.5) is 23.7 Å². The van der Waals surface area contributed by atoms with Crippen molar-refractivity contribution in [2.45, 2.75) is 45.1 Å². The zero-order chi connectivity index (χ0) is 20.0. The van der Waals surface area contributed by atoms with Gasteiger partial charge in [0.2, 0.25) is 0 Å². The lowest BCUT2D eigenvalue weighted by atomic mass is 9.82.